The van der Waals surface area contributed by atoms with E-state index in [1.165, 1.54) is 0 Å². The van der Waals surface area contributed by atoms with Crippen molar-refractivity contribution >= 4 is 11.5 Å². The lowest BCUT2D eigenvalue weighted by Crippen LogP contribution is -2.50. The number of anilines is 1. The molecule has 1 atom stereocenters. The van der Waals surface area contributed by atoms with Crippen LogP contribution in [-0.2, 0) is 11.3 Å². The fourth-order valence-corrected chi connectivity index (χ4v) is 4.14. The van der Waals surface area contributed by atoms with Crippen LogP contribution in [0.25, 0.3) is 0 Å². The molecule has 4 rings (SSSR count). The fourth-order valence-electron chi connectivity index (χ4n) is 4.14. The van der Waals surface area contributed by atoms with Crippen molar-refractivity contribution in [2.75, 3.05) is 59.0 Å². The molecule has 0 saturated carbocycles. The molecular weight excluding hydrogens is 384 g/mol. The summed E-state index contributed by atoms with van der Waals surface area (Å²) >= 11 is 0. The van der Waals surface area contributed by atoms with Crippen LogP contribution in [0.1, 0.15) is 15.9 Å². The number of para-hydroxylation sites is 2. The summed E-state index contributed by atoms with van der Waals surface area (Å²) in [6.07, 6.45) is -0.464. The molecule has 0 aliphatic carbocycles. The van der Waals surface area contributed by atoms with Crippen LogP contribution in [0.2, 0.25) is 0 Å². The second-order valence-electron chi connectivity index (χ2n) is 7.49. The van der Waals surface area contributed by atoms with Crippen molar-refractivity contribution < 1.29 is 23.7 Å². The summed E-state index contributed by atoms with van der Waals surface area (Å²) < 4.78 is 22.1. The number of methoxy groups -OCH3 is 3. The van der Waals surface area contributed by atoms with Gasteiger partial charge in [-0.2, -0.15) is 0 Å². The zero-order valence-corrected chi connectivity index (χ0v) is 17.7. The molecule has 2 aromatic carbocycles. The molecule has 7 nitrogen and oxygen atoms in total. The Labute approximate surface area is 177 Å². The third-order valence-corrected chi connectivity index (χ3v) is 5.83. The van der Waals surface area contributed by atoms with Crippen LogP contribution < -0.4 is 19.1 Å². The molecule has 0 N–H and O–H groups in total. The van der Waals surface area contributed by atoms with E-state index in [1.54, 1.807) is 27.4 Å². The first kappa shape index (κ1) is 20.5. The maximum atomic E-state index is 13.1. The summed E-state index contributed by atoms with van der Waals surface area (Å²) in [5, 5.41) is 0. The first-order chi connectivity index (χ1) is 14.6. The molecule has 0 radical (unpaired) electrons. The van der Waals surface area contributed by atoms with Gasteiger partial charge in [0.2, 0.25) is 0 Å². The average molecular weight is 412 g/mol. The molecular formula is C23H28N2O5. The molecule has 0 aromatic heterocycles. The van der Waals surface area contributed by atoms with Gasteiger partial charge >= 0.3 is 0 Å². The molecule has 160 valence electrons. The first-order valence-corrected chi connectivity index (χ1v) is 10.2. The second kappa shape index (κ2) is 8.93. The molecule has 7 heteroatoms. The predicted octanol–water partition coefficient (Wildman–Crippen LogP) is 2.62. The third-order valence-electron chi connectivity index (χ3n) is 5.83. The van der Waals surface area contributed by atoms with Crippen molar-refractivity contribution in [3.05, 3.63) is 47.5 Å². The Balaban J connectivity index is 1.40. The van der Waals surface area contributed by atoms with Gasteiger partial charge in [-0.15, -0.1) is 0 Å². The number of fused-ring (bicyclic) bond motifs is 1. The lowest BCUT2D eigenvalue weighted by atomic mass is 9.96. The van der Waals surface area contributed by atoms with Crippen LogP contribution in [-0.4, -0.2) is 70.8 Å². The van der Waals surface area contributed by atoms with E-state index in [-0.39, 0.29) is 5.78 Å². The predicted molar refractivity (Wildman–Crippen MR) is 114 cm³/mol. The van der Waals surface area contributed by atoms with Crippen molar-refractivity contribution in [2.45, 2.75) is 12.7 Å². The number of benzene rings is 2. The van der Waals surface area contributed by atoms with Crippen molar-refractivity contribution in [3.8, 4) is 17.2 Å². The quantitative estimate of drug-likeness (QED) is 0.723. The number of Topliss-reactive ketones (excluding diaryl/α,β-unsaturated/α-hetero) is 1. The molecule has 1 unspecified atom stereocenters. The maximum absolute atomic E-state index is 13.1. The third kappa shape index (κ3) is 3.95. The van der Waals surface area contributed by atoms with E-state index in [4.69, 9.17) is 18.9 Å². The Bertz CT molecular complexity index is 908. The Hall–Kier alpha value is -2.77. The number of carbonyl (C=O) groups is 1. The minimum Gasteiger partial charge on any atom is -0.495 e. The topological polar surface area (TPSA) is 60.5 Å². The van der Waals surface area contributed by atoms with Crippen LogP contribution in [0.3, 0.4) is 0 Å². The van der Waals surface area contributed by atoms with Crippen molar-refractivity contribution in [1.82, 2.24) is 4.90 Å². The van der Waals surface area contributed by atoms with E-state index in [9.17, 15) is 4.79 Å². The Morgan fingerprint density at radius 3 is 2.30 bits per heavy atom. The number of nitrogens with zero attached hydrogens (tertiary/aromatic N) is 2. The average Bonchev–Trinajstić information content (AvgIpc) is 2.80. The molecule has 2 aliphatic heterocycles. The summed E-state index contributed by atoms with van der Waals surface area (Å²) in [5.74, 6) is 2.07. The number of hydrogen-bond acceptors (Lipinski definition) is 7. The lowest BCUT2D eigenvalue weighted by Gasteiger charge is -2.38. The number of carbonyl (C=O) groups excluding carboxylic acids is 1. The monoisotopic (exact) mass is 412 g/mol. The number of ether oxygens (including phenoxy) is 4. The number of rotatable bonds is 6. The van der Waals surface area contributed by atoms with E-state index < -0.39 is 6.10 Å². The minimum absolute atomic E-state index is 0.00404. The Morgan fingerprint density at radius 1 is 0.933 bits per heavy atom. The summed E-state index contributed by atoms with van der Waals surface area (Å²) in [6.45, 7) is 4.47. The fraction of sp³-hybridized carbons (Fsp3) is 0.435. The molecule has 0 spiro atoms. The van der Waals surface area contributed by atoms with Gasteiger partial charge in [-0.25, -0.2) is 0 Å². The molecule has 1 saturated heterocycles. The van der Waals surface area contributed by atoms with Gasteiger partial charge in [0, 0.05) is 38.3 Å². The summed E-state index contributed by atoms with van der Waals surface area (Å²) in [5.41, 5.74) is 2.62. The number of piperazine rings is 1. The molecule has 0 bridgehead atoms. The Morgan fingerprint density at radius 2 is 1.60 bits per heavy atom. The van der Waals surface area contributed by atoms with Crippen LogP contribution in [0.4, 0.5) is 5.69 Å². The van der Waals surface area contributed by atoms with Gasteiger partial charge in [-0.05, 0) is 29.8 Å². The van der Waals surface area contributed by atoms with E-state index in [0.717, 1.165) is 43.2 Å². The first-order valence-electron chi connectivity index (χ1n) is 10.2. The van der Waals surface area contributed by atoms with E-state index in [1.807, 2.05) is 24.3 Å². The number of ketones is 1. The van der Waals surface area contributed by atoms with Crippen molar-refractivity contribution in [3.63, 3.8) is 0 Å². The van der Waals surface area contributed by atoms with Gasteiger partial charge in [0.05, 0.1) is 33.6 Å². The van der Waals surface area contributed by atoms with E-state index in [2.05, 4.69) is 15.9 Å². The highest BCUT2D eigenvalue weighted by molar-refractivity contribution is 6.02. The van der Waals surface area contributed by atoms with Crippen LogP contribution >= 0.6 is 0 Å². The van der Waals surface area contributed by atoms with Crippen LogP contribution in [0.15, 0.2) is 36.4 Å². The second-order valence-corrected chi connectivity index (χ2v) is 7.49. The SMILES string of the molecule is COc1cc2c(cc1OC)C(=O)C(CN1CCN(c3ccccc3OC)CC1)OC2. The van der Waals surface area contributed by atoms with Crippen molar-refractivity contribution in [2.24, 2.45) is 0 Å². The smallest absolute Gasteiger partial charge is 0.193 e. The summed E-state index contributed by atoms with van der Waals surface area (Å²) in [4.78, 5) is 17.7. The highest BCUT2D eigenvalue weighted by atomic mass is 16.5. The minimum atomic E-state index is -0.464. The van der Waals surface area contributed by atoms with Gasteiger partial charge in [0.25, 0.3) is 0 Å². The molecule has 30 heavy (non-hydrogen) atoms. The highest BCUT2D eigenvalue weighted by Gasteiger charge is 2.32. The zero-order chi connectivity index (χ0) is 21.1. The van der Waals surface area contributed by atoms with Gasteiger partial charge in [-0.1, -0.05) is 12.1 Å². The standard InChI is InChI=1S/C23H28N2O5/c1-27-19-7-5-4-6-18(19)25-10-8-24(9-11-25)14-22-23(26)17-13-21(29-3)20(28-2)12-16(17)15-30-22/h4-7,12-13,22H,8-11,14-15H2,1-3H3. The van der Waals surface area contributed by atoms with Gasteiger partial charge in [-0.3, -0.25) is 9.69 Å². The lowest BCUT2D eigenvalue weighted by molar-refractivity contribution is 0.00988. The van der Waals surface area contributed by atoms with Gasteiger partial charge in [0.1, 0.15) is 11.9 Å². The maximum Gasteiger partial charge on any atom is 0.193 e. The molecule has 2 aliphatic rings. The molecule has 2 heterocycles. The zero-order valence-electron chi connectivity index (χ0n) is 17.7. The highest BCUT2D eigenvalue weighted by Crippen LogP contribution is 2.34. The van der Waals surface area contributed by atoms with E-state index in [0.29, 0.717) is 30.2 Å². The van der Waals surface area contributed by atoms with Crippen LogP contribution in [0, 0.1) is 0 Å². The van der Waals surface area contributed by atoms with Gasteiger partial charge < -0.3 is 23.8 Å². The van der Waals surface area contributed by atoms with E-state index >= 15 is 0 Å². The number of hydrogen-bond donors (Lipinski definition) is 0. The summed E-state index contributed by atoms with van der Waals surface area (Å²) in [7, 11) is 4.86. The van der Waals surface area contributed by atoms with Gasteiger partial charge in [0.15, 0.2) is 17.3 Å². The Kier molecular flexibility index (Phi) is 6.11. The summed E-state index contributed by atoms with van der Waals surface area (Å²) in [6, 6.07) is 11.7. The normalized spacial score (nSPS) is 19.4. The molecule has 0 amide bonds. The van der Waals surface area contributed by atoms with Crippen LogP contribution in [0.5, 0.6) is 17.2 Å². The molecule has 2 aromatic rings. The molecule has 1 fully saturated rings. The van der Waals surface area contributed by atoms with Crippen molar-refractivity contribution in [1.29, 1.82) is 0 Å². The largest absolute Gasteiger partial charge is 0.495 e.